The second-order valence-corrected chi connectivity index (χ2v) is 12.1. The summed E-state index contributed by atoms with van der Waals surface area (Å²) in [7, 11) is 0. The van der Waals surface area contributed by atoms with Crippen LogP contribution in [0.5, 0.6) is 23.0 Å². The van der Waals surface area contributed by atoms with E-state index >= 15 is 0 Å². The van der Waals surface area contributed by atoms with E-state index in [9.17, 15) is 0 Å². The molecule has 0 radical (unpaired) electrons. The number of hydrogen-bond acceptors (Lipinski definition) is 8. The zero-order valence-electron chi connectivity index (χ0n) is 28.4. The van der Waals surface area contributed by atoms with Crippen LogP contribution in [0.1, 0.15) is 0 Å². The third-order valence-electron chi connectivity index (χ3n) is 8.74. The van der Waals surface area contributed by atoms with Crippen LogP contribution >= 0.6 is 0 Å². The van der Waals surface area contributed by atoms with Crippen LogP contribution in [-0.2, 0) is 42.1 Å². The molecule has 0 spiro atoms. The van der Waals surface area contributed by atoms with E-state index in [1.165, 1.54) is 0 Å². The molecular weight excluding hydrogens is 1050 g/mol. The summed E-state index contributed by atoms with van der Waals surface area (Å²) in [5.41, 5.74) is 5.88. The smallest absolute Gasteiger partial charge is 0.503 e. The number of aromatic nitrogens is 7. The largest absolute Gasteiger partial charge is 2.00 e. The van der Waals surface area contributed by atoms with E-state index in [0.29, 0.717) is 40.2 Å². The number of benzene rings is 4. The molecule has 0 saturated carbocycles. The van der Waals surface area contributed by atoms with E-state index < -0.39 is 0 Å². The van der Waals surface area contributed by atoms with Gasteiger partial charge in [-0.2, -0.15) is 22.9 Å². The third kappa shape index (κ3) is 7.01. The van der Waals surface area contributed by atoms with Gasteiger partial charge in [-0.3, -0.25) is 9.97 Å². The monoisotopic (exact) mass is 1070 g/mol. The van der Waals surface area contributed by atoms with Crippen molar-refractivity contribution < 1.29 is 51.6 Å². The minimum absolute atomic E-state index is 0. The number of fused-ring (bicyclic) bond motifs is 5. The topological polar surface area (TPSA) is 101 Å². The van der Waals surface area contributed by atoms with Gasteiger partial charge >= 0.3 is 42.1 Å². The van der Waals surface area contributed by atoms with Gasteiger partial charge < -0.3 is 14.0 Å². The van der Waals surface area contributed by atoms with Gasteiger partial charge in [0, 0.05) is 58.6 Å². The predicted octanol–water partition coefficient (Wildman–Crippen LogP) is 9.57. The summed E-state index contributed by atoms with van der Waals surface area (Å²) in [4.78, 5) is 27.4. The molecule has 0 bridgehead atoms. The van der Waals surface area contributed by atoms with Gasteiger partial charge in [0.2, 0.25) is 5.95 Å². The first-order chi connectivity index (χ1) is 26.2. The molecular formula is C44H23N7O2Pt2. The fourth-order valence-corrected chi connectivity index (χ4v) is 6.31. The summed E-state index contributed by atoms with van der Waals surface area (Å²) in [6, 6.07) is 50.3. The van der Waals surface area contributed by atoms with Gasteiger partial charge in [0.15, 0.2) is 0 Å². The van der Waals surface area contributed by atoms with Crippen molar-refractivity contribution in [1.29, 1.82) is 0 Å². The second kappa shape index (κ2) is 15.3. The molecule has 0 N–H and O–H groups in total. The van der Waals surface area contributed by atoms with Crippen molar-refractivity contribution in [1.82, 2.24) is 34.5 Å². The maximum atomic E-state index is 6.34. The molecule has 55 heavy (non-hydrogen) atoms. The fourth-order valence-electron chi connectivity index (χ4n) is 6.31. The van der Waals surface area contributed by atoms with Gasteiger partial charge in [0.25, 0.3) is 0 Å². The Bertz CT molecular complexity index is 2810. The summed E-state index contributed by atoms with van der Waals surface area (Å²) in [5, 5.41) is 3.80. The Morgan fingerprint density at radius 2 is 0.891 bits per heavy atom. The number of nitrogens with zero attached hydrogens (tertiary/aromatic N) is 7. The normalized spacial score (nSPS) is 11.0. The Hall–Kier alpha value is -6.14. The maximum Gasteiger partial charge on any atom is 2.00 e. The van der Waals surface area contributed by atoms with E-state index in [1.807, 2.05) is 114 Å². The van der Waals surface area contributed by atoms with Gasteiger partial charge in [0.1, 0.15) is 11.3 Å². The average molecular weight is 1070 g/mol. The van der Waals surface area contributed by atoms with Gasteiger partial charge in [-0.1, -0.05) is 47.4 Å². The van der Waals surface area contributed by atoms with Crippen LogP contribution in [0, 0.1) is 24.3 Å². The molecule has 10 aromatic rings. The molecule has 11 heteroatoms. The fraction of sp³-hybridized carbons (Fsp3) is 0. The zero-order chi connectivity index (χ0) is 35.1. The Balaban J connectivity index is 0.00000214. The minimum atomic E-state index is 0. The van der Waals surface area contributed by atoms with Crippen LogP contribution in [0.15, 0.2) is 140 Å². The maximum absolute atomic E-state index is 6.34. The third-order valence-corrected chi connectivity index (χ3v) is 8.74. The summed E-state index contributed by atoms with van der Waals surface area (Å²) >= 11 is 0. The summed E-state index contributed by atoms with van der Waals surface area (Å²) in [5.74, 6) is 2.51. The van der Waals surface area contributed by atoms with E-state index in [4.69, 9.17) is 19.4 Å². The number of hydrogen-bond donors (Lipinski definition) is 0. The summed E-state index contributed by atoms with van der Waals surface area (Å²) < 4.78 is 14.6. The molecule has 6 heterocycles. The van der Waals surface area contributed by atoms with Gasteiger partial charge in [-0.25, -0.2) is 19.9 Å². The van der Waals surface area contributed by atoms with Crippen LogP contribution in [0.2, 0.25) is 0 Å². The van der Waals surface area contributed by atoms with Gasteiger partial charge in [-0.15, -0.1) is 71.8 Å². The standard InChI is InChI=1S/C44H23N7O2.2Pt/c1-6-30(38-18-12-28-8-3-20-45-42(28)49-38)24-32(10-1)52-34-14-16-36-37-17-15-35(27-41(37)51(40(36)26-34)44-47-22-5-23-48-44)53-33-11-2-7-31(25-33)39-19-13-29-9-4-21-46-43(29)50-39;;/h1-23H;;/q-4;2*+2. The van der Waals surface area contributed by atoms with E-state index in [2.05, 4.69) is 44.2 Å². The molecule has 0 saturated heterocycles. The number of rotatable bonds is 7. The number of pyridine rings is 4. The molecule has 0 aliphatic heterocycles. The molecule has 266 valence electrons. The Kier molecular flexibility index (Phi) is 9.98. The second-order valence-electron chi connectivity index (χ2n) is 12.1. The first kappa shape index (κ1) is 35.9. The minimum Gasteiger partial charge on any atom is -0.503 e. The first-order valence-electron chi connectivity index (χ1n) is 16.8. The van der Waals surface area contributed by atoms with Crippen molar-refractivity contribution in [3.63, 3.8) is 0 Å². The molecule has 0 atom stereocenters. The molecule has 9 nitrogen and oxygen atoms in total. The molecule has 0 aliphatic carbocycles. The molecule has 0 unspecified atom stereocenters. The van der Waals surface area contributed by atoms with Crippen molar-refractivity contribution in [2.24, 2.45) is 0 Å². The molecule has 0 amide bonds. The van der Waals surface area contributed by atoms with Crippen LogP contribution in [-0.4, -0.2) is 34.5 Å². The van der Waals surface area contributed by atoms with Crippen LogP contribution < -0.4 is 9.47 Å². The van der Waals surface area contributed by atoms with E-state index in [1.54, 1.807) is 30.9 Å². The van der Waals surface area contributed by atoms with Crippen LogP contribution in [0.4, 0.5) is 0 Å². The van der Waals surface area contributed by atoms with E-state index in [-0.39, 0.29) is 42.1 Å². The Labute approximate surface area is 343 Å². The molecule has 0 fully saturated rings. The Morgan fingerprint density at radius 1 is 0.418 bits per heavy atom. The van der Waals surface area contributed by atoms with Gasteiger partial charge in [0.05, 0.1) is 0 Å². The van der Waals surface area contributed by atoms with Crippen LogP contribution in [0.25, 0.3) is 72.3 Å². The first-order valence-corrected chi connectivity index (χ1v) is 16.8. The number of ether oxygens (including phenoxy) is 2. The average Bonchev–Trinajstić information content (AvgIpc) is 3.53. The van der Waals surface area contributed by atoms with Crippen molar-refractivity contribution >= 4 is 43.9 Å². The molecule has 6 aromatic heterocycles. The van der Waals surface area contributed by atoms with Crippen molar-refractivity contribution in [3.05, 3.63) is 164 Å². The predicted molar refractivity (Wildman–Crippen MR) is 202 cm³/mol. The van der Waals surface area contributed by atoms with Gasteiger partial charge in [-0.05, 0) is 41.7 Å². The van der Waals surface area contributed by atoms with Crippen molar-refractivity contribution in [2.75, 3.05) is 0 Å². The quantitative estimate of drug-likeness (QED) is 0.146. The SMILES string of the molecule is [Pt+2].[Pt+2].[c-]1c(Oc2[c-]c3c(cc2)c2ccc(Oc4[c-]c(-c5ccc6cccnc6n5)ccc4)[c-]c2n3-c2ncccn2)cccc1-c1ccc2cccnc2n1. The molecule has 10 rings (SSSR count). The van der Waals surface area contributed by atoms with Crippen molar-refractivity contribution in [3.8, 4) is 51.5 Å². The summed E-state index contributed by atoms with van der Waals surface area (Å²) in [6.07, 6.45) is 6.88. The zero-order valence-corrected chi connectivity index (χ0v) is 32.9. The van der Waals surface area contributed by atoms with E-state index in [0.717, 1.165) is 55.1 Å². The molecule has 0 aliphatic rings. The Morgan fingerprint density at radius 3 is 1.40 bits per heavy atom. The molecule has 4 aromatic carbocycles. The van der Waals surface area contributed by atoms with Crippen LogP contribution in [0.3, 0.4) is 0 Å². The van der Waals surface area contributed by atoms with Crippen molar-refractivity contribution in [2.45, 2.75) is 0 Å². The summed E-state index contributed by atoms with van der Waals surface area (Å²) in [6.45, 7) is 0.